The summed E-state index contributed by atoms with van der Waals surface area (Å²) in [6, 6.07) is 0. The van der Waals surface area contributed by atoms with Crippen LogP contribution in [0.4, 0.5) is 0 Å². The summed E-state index contributed by atoms with van der Waals surface area (Å²) in [7, 11) is 0. The fourth-order valence-corrected chi connectivity index (χ4v) is 0.0956. The molecular formula is C3H7NaO3. The van der Waals surface area contributed by atoms with Crippen molar-refractivity contribution in [1.29, 1.82) is 0 Å². The predicted octanol–water partition coefficient (Wildman–Crippen LogP) is -1.20. The van der Waals surface area contributed by atoms with Crippen molar-refractivity contribution in [1.82, 2.24) is 0 Å². The molecule has 0 aromatic rings. The van der Waals surface area contributed by atoms with Gasteiger partial charge in [0.2, 0.25) is 0 Å². The molecule has 3 nitrogen and oxygen atoms in total. The summed E-state index contributed by atoms with van der Waals surface area (Å²) < 4.78 is 0. The summed E-state index contributed by atoms with van der Waals surface area (Å²) >= 11 is 0. The van der Waals surface area contributed by atoms with Crippen molar-refractivity contribution in [2.45, 2.75) is 6.42 Å². The molecule has 0 aliphatic rings. The minimum atomic E-state index is -0.961. The molecule has 0 rings (SSSR count). The van der Waals surface area contributed by atoms with Crippen LogP contribution in [0.5, 0.6) is 0 Å². The summed E-state index contributed by atoms with van der Waals surface area (Å²) in [4.78, 5) is 9.44. The Morgan fingerprint density at radius 1 is 1.57 bits per heavy atom. The second-order valence-electron chi connectivity index (χ2n) is 0.867. The van der Waals surface area contributed by atoms with Crippen molar-refractivity contribution < 1.29 is 15.0 Å². The van der Waals surface area contributed by atoms with E-state index in [2.05, 4.69) is 0 Å². The Hall–Kier alpha value is 0.430. The van der Waals surface area contributed by atoms with Gasteiger partial charge in [0, 0.05) is 0 Å². The zero-order valence-electron chi connectivity index (χ0n) is 3.22. The van der Waals surface area contributed by atoms with Crippen LogP contribution in [0, 0.1) is 0 Å². The molecule has 0 bridgehead atoms. The molecule has 0 amide bonds. The molecule has 0 aliphatic heterocycles. The fourth-order valence-electron chi connectivity index (χ4n) is 0.0956. The average Bonchev–Trinajstić information content (AvgIpc) is 1.35. The van der Waals surface area contributed by atoms with Crippen LogP contribution in [0.2, 0.25) is 0 Å². The third-order valence-electron chi connectivity index (χ3n) is 0.326. The number of carboxylic acids is 1. The Morgan fingerprint density at radius 3 is 2.00 bits per heavy atom. The Labute approximate surface area is 63.6 Å². The van der Waals surface area contributed by atoms with E-state index in [0.717, 1.165) is 0 Å². The summed E-state index contributed by atoms with van der Waals surface area (Å²) in [6.07, 6.45) is -0.153. The number of carbonyl (C=O) groups is 1. The van der Waals surface area contributed by atoms with Gasteiger partial charge in [-0.15, -0.1) is 0 Å². The summed E-state index contributed by atoms with van der Waals surface area (Å²) in [5.41, 5.74) is 0. The van der Waals surface area contributed by atoms with E-state index >= 15 is 0 Å². The van der Waals surface area contributed by atoms with E-state index in [9.17, 15) is 4.79 Å². The van der Waals surface area contributed by atoms with Gasteiger partial charge in [-0.25, -0.2) is 0 Å². The molecule has 38 valence electrons. The van der Waals surface area contributed by atoms with E-state index in [1.165, 1.54) is 0 Å². The van der Waals surface area contributed by atoms with Gasteiger partial charge in [0.1, 0.15) is 0 Å². The third kappa shape index (κ3) is 10.7. The van der Waals surface area contributed by atoms with Crippen molar-refractivity contribution in [2.24, 2.45) is 0 Å². The molecule has 0 fully saturated rings. The molecule has 0 spiro atoms. The minimum absolute atomic E-state index is 0. The molecule has 0 aliphatic carbocycles. The van der Waals surface area contributed by atoms with E-state index in [1.807, 2.05) is 0 Å². The van der Waals surface area contributed by atoms with E-state index in [1.54, 1.807) is 0 Å². The van der Waals surface area contributed by atoms with Crippen molar-refractivity contribution in [3.8, 4) is 0 Å². The van der Waals surface area contributed by atoms with Gasteiger partial charge in [-0.05, 0) is 0 Å². The zero-order valence-corrected chi connectivity index (χ0v) is 3.22. The quantitative estimate of drug-likeness (QED) is 0.443. The van der Waals surface area contributed by atoms with Gasteiger partial charge in [-0.2, -0.15) is 0 Å². The Balaban J connectivity index is 0. The first-order chi connectivity index (χ1) is 2.77. The van der Waals surface area contributed by atoms with E-state index < -0.39 is 5.97 Å². The van der Waals surface area contributed by atoms with Crippen LogP contribution in [0.3, 0.4) is 0 Å². The topological polar surface area (TPSA) is 57.5 Å². The van der Waals surface area contributed by atoms with Gasteiger partial charge in [-0.3, -0.25) is 4.79 Å². The first-order valence-electron chi connectivity index (χ1n) is 1.60. The number of rotatable bonds is 2. The number of aliphatic carboxylic acids is 1. The van der Waals surface area contributed by atoms with Crippen LogP contribution < -0.4 is 0 Å². The Kier molecular flexibility index (Phi) is 9.57. The SMILES string of the molecule is O=C(O)CCO.[NaH]. The van der Waals surface area contributed by atoms with Crippen molar-refractivity contribution in [3.05, 3.63) is 0 Å². The molecule has 0 radical (unpaired) electrons. The molecule has 0 heterocycles. The van der Waals surface area contributed by atoms with E-state index in [4.69, 9.17) is 10.2 Å². The fraction of sp³-hybridized carbons (Fsp3) is 0.667. The molecule has 0 unspecified atom stereocenters. The van der Waals surface area contributed by atoms with Crippen molar-refractivity contribution in [3.63, 3.8) is 0 Å². The number of hydrogen-bond acceptors (Lipinski definition) is 2. The van der Waals surface area contributed by atoms with Crippen LogP contribution in [0.1, 0.15) is 6.42 Å². The van der Waals surface area contributed by atoms with Crippen LogP contribution in [0.15, 0.2) is 0 Å². The standard InChI is InChI=1S/C3H6O3.Na.H/c4-2-1-3(5)6;;/h4H,1-2H2,(H,5,6);;. The van der Waals surface area contributed by atoms with Crippen LogP contribution in [0.25, 0.3) is 0 Å². The first-order valence-corrected chi connectivity index (χ1v) is 1.60. The molecule has 0 saturated heterocycles. The number of aliphatic hydroxyl groups is 1. The summed E-state index contributed by atoms with van der Waals surface area (Å²) in [6.45, 7) is -0.269. The second kappa shape index (κ2) is 6.43. The van der Waals surface area contributed by atoms with Gasteiger partial charge in [0.15, 0.2) is 0 Å². The molecule has 0 atom stereocenters. The average molecular weight is 114 g/mol. The van der Waals surface area contributed by atoms with Gasteiger partial charge in [0.25, 0.3) is 0 Å². The molecular weight excluding hydrogens is 107 g/mol. The number of hydrogen-bond donors (Lipinski definition) is 2. The normalized spacial score (nSPS) is 7.00. The van der Waals surface area contributed by atoms with Crippen molar-refractivity contribution >= 4 is 35.5 Å². The van der Waals surface area contributed by atoms with Gasteiger partial charge in [-0.1, -0.05) is 0 Å². The zero-order chi connectivity index (χ0) is 4.99. The van der Waals surface area contributed by atoms with E-state index in [-0.39, 0.29) is 42.6 Å². The van der Waals surface area contributed by atoms with Crippen LogP contribution in [-0.4, -0.2) is 52.3 Å². The molecule has 0 aromatic carbocycles. The summed E-state index contributed by atoms with van der Waals surface area (Å²) in [5.74, 6) is -0.961. The number of carboxylic acid groups (broad SMARTS) is 1. The Bertz CT molecular complexity index is 54.1. The summed E-state index contributed by atoms with van der Waals surface area (Å²) in [5, 5.41) is 15.6. The second-order valence-corrected chi connectivity index (χ2v) is 0.867. The number of aliphatic hydroxyl groups excluding tert-OH is 1. The molecule has 0 aromatic heterocycles. The van der Waals surface area contributed by atoms with Crippen LogP contribution >= 0.6 is 0 Å². The predicted molar refractivity (Wildman–Crippen MR) is 26.5 cm³/mol. The van der Waals surface area contributed by atoms with Crippen molar-refractivity contribution in [2.75, 3.05) is 6.61 Å². The molecule has 0 saturated carbocycles. The third-order valence-corrected chi connectivity index (χ3v) is 0.326. The molecule has 4 heteroatoms. The molecule has 7 heavy (non-hydrogen) atoms. The monoisotopic (exact) mass is 114 g/mol. The van der Waals surface area contributed by atoms with Gasteiger partial charge >= 0.3 is 35.5 Å². The van der Waals surface area contributed by atoms with Crippen LogP contribution in [-0.2, 0) is 4.79 Å². The maximum atomic E-state index is 9.44. The Morgan fingerprint density at radius 2 is 2.00 bits per heavy atom. The first kappa shape index (κ1) is 10.4. The van der Waals surface area contributed by atoms with E-state index in [0.29, 0.717) is 0 Å². The van der Waals surface area contributed by atoms with Gasteiger partial charge in [0.05, 0.1) is 13.0 Å². The maximum absolute atomic E-state index is 9.44. The molecule has 2 N–H and O–H groups in total. The van der Waals surface area contributed by atoms with Gasteiger partial charge < -0.3 is 10.2 Å².